The molecule has 1 aliphatic rings. The van der Waals surface area contributed by atoms with Crippen molar-refractivity contribution >= 4 is 10.0 Å². The van der Waals surface area contributed by atoms with Gasteiger partial charge in [0.1, 0.15) is 5.82 Å². The predicted octanol–water partition coefficient (Wildman–Crippen LogP) is 2.53. The Morgan fingerprint density at radius 1 is 1.00 bits per heavy atom. The van der Waals surface area contributed by atoms with Crippen LogP contribution in [-0.4, -0.2) is 25.8 Å². The fourth-order valence-electron chi connectivity index (χ4n) is 2.20. The quantitative estimate of drug-likeness (QED) is 0.847. The Morgan fingerprint density at radius 2 is 1.56 bits per heavy atom. The maximum absolute atomic E-state index is 12.8. The van der Waals surface area contributed by atoms with Crippen LogP contribution >= 0.6 is 0 Å². The van der Waals surface area contributed by atoms with E-state index in [0.717, 1.165) is 25.7 Å². The third kappa shape index (κ3) is 3.53. The molecule has 18 heavy (non-hydrogen) atoms. The molecule has 0 unspecified atom stereocenters. The fraction of sp³-hybridized carbons (Fsp3) is 0.538. The molecule has 1 aromatic carbocycles. The molecule has 1 aliphatic heterocycles. The second kappa shape index (κ2) is 5.80. The first-order chi connectivity index (χ1) is 8.58. The molecule has 0 spiro atoms. The molecule has 1 saturated heterocycles. The number of sulfonamides is 1. The van der Waals surface area contributed by atoms with E-state index in [1.54, 1.807) is 4.31 Å². The smallest absolute Gasteiger partial charge is 0.212 e. The lowest BCUT2D eigenvalue weighted by Gasteiger charge is -2.19. The van der Waals surface area contributed by atoms with E-state index in [-0.39, 0.29) is 11.6 Å². The first kappa shape index (κ1) is 13.5. The third-order valence-corrected chi connectivity index (χ3v) is 5.07. The van der Waals surface area contributed by atoms with Gasteiger partial charge in [0, 0.05) is 13.1 Å². The van der Waals surface area contributed by atoms with Crippen LogP contribution in [-0.2, 0) is 15.8 Å². The van der Waals surface area contributed by atoms with E-state index in [9.17, 15) is 12.8 Å². The van der Waals surface area contributed by atoms with Gasteiger partial charge in [-0.25, -0.2) is 17.1 Å². The number of hydrogen-bond acceptors (Lipinski definition) is 2. The van der Waals surface area contributed by atoms with Crippen molar-refractivity contribution in [3.05, 3.63) is 35.6 Å². The predicted molar refractivity (Wildman–Crippen MR) is 69.1 cm³/mol. The molecule has 0 bridgehead atoms. The summed E-state index contributed by atoms with van der Waals surface area (Å²) in [5.74, 6) is -0.376. The molecule has 3 nitrogen and oxygen atoms in total. The zero-order chi connectivity index (χ0) is 13.0. The minimum absolute atomic E-state index is 0.0344. The first-order valence-electron chi connectivity index (χ1n) is 6.30. The van der Waals surface area contributed by atoms with Crippen molar-refractivity contribution in [2.75, 3.05) is 13.1 Å². The maximum Gasteiger partial charge on any atom is 0.218 e. The van der Waals surface area contributed by atoms with Gasteiger partial charge < -0.3 is 0 Å². The van der Waals surface area contributed by atoms with Crippen LogP contribution in [0.25, 0.3) is 0 Å². The Bertz CT molecular complexity index is 476. The third-order valence-electron chi connectivity index (χ3n) is 3.22. The number of halogens is 1. The summed E-state index contributed by atoms with van der Waals surface area (Å²) in [6, 6.07) is 5.66. The Hall–Kier alpha value is -0.940. The number of hydrogen-bond donors (Lipinski definition) is 0. The van der Waals surface area contributed by atoms with Crippen molar-refractivity contribution in [3.63, 3.8) is 0 Å². The monoisotopic (exact) mass is 271 g/mol. The lowest BCUT2D eigenvalue weighted by Crippen LogP contribution is -2.32. The van der Waals surface area contributed by atoms with Gasteiger partial charge in [-0.3, -0.25) is 0 Å². The highest BCUT2D eigenvalue weighted by Crippen LogP contribution is 2.17. The van der Waals surface area contributed by atoms with Gasteiger partial charge >= 0.3 is 0 Å². The van der Waals surface area contributed by atoms with Crippen LogP contribution in [0, 0.1) is 5.82 Å². The molecular formula is C13H18FNO2S. The SMILES string of the molecule is O=S(=O)(Cc1ccc(F)cc1)N1CCCCCC1. The van der Waals surface area contributed by atoms with Crippen LogP contribution in [0.2, 0.25) is 0 Å². The van der Waals surface area contributed by atoms with Gasteiger partial charge in [-0.1, -0.05) is 25.0 Å². The Labute approximate surface area is 108 Å². The summed E-state index contributed by atoms with van der Waals surface area (Å²) in [6.07, 6.45) is 4.07. The molecule has 0 radical (unpaired) electrons. The summed E-state index contributed by atoms with van der Waals surface area (Å²) >= 11 is 0. The minimum atomic E-state index is -3.26. The molecule has 2 rings (SSSR count). The number of rotatable bonds is 3. The Balaban J connectivity index is 2.08. The Morgan fingerprint density at radius 3 is 2.11 bits per heavy atom. The first-order valence-corrected chi connectivity index (χ1v) is 7.91. The summed E-state index contributed by atoms with van der Waals surface area (Å²) < 4.78 is 38.8. The summed E-state index contributed by atoms with van der Waals surface area (Å²) in [4.78, 5) is 0. The molecule has 0 amide bonds. The van der Waals surface area contributed by atoms with Crippen LogP contribution in [0.4, 0.5) is 4.39 Å². The normalized spacial score (nSPS) is 18.5. The average molecular weight is 271 g/mol. The number of nitrogens with zero attached hydrogens (tertiary/aromatic N) is 1. The van der Waals surface area contributed by atoms with E-state index in [1.165, 1.54) is 24.3 Å². The molecule has 0 saturated carbocycles. The Kier molecular flexibility index (Phi) is 4.35. The molecule has 0 atom stereocenters. The summed E-state index contributed by atoms with van der Waals surface area (Å²) in [6.45, 7) is 1.23. The molecule has 0 aliphatic carbocycles. The zero-order valence-electron chi connectivity index (χ0n) is 10.3. The van der Waals surface area contributed by atoms with Crippen LogP contribution < -0.4 is 0 Å². The van der Waals surface area contributed by atoms with Gasteiger partial charge in [-0.15, -0.1) is 0 Å². The molecule has 1 aromatic rings. The van der Waals surface area contributed by atoms with Crippen molar-refractivity contribution < 1.29 is 12.8 Å². The van der Waals surface area contributed by atoms with Crippen molar-refractivity contribution in [3.8, 4) is 0 Å². The van der Waals surface area contributed by atoms with Gasteiger partial charge in [-0.05, 0) is 30.5 Å². The summed E-state index contributed by atoms with van der Waals surface area (Å²) in [7, 11) is -3.26. The lowest BCUT2D eigenvalue weighted by molar-refractivity contribution is 0.423. The highest BCUT2D eigenvalue weighted by molar-refractivity contribution is 7.88. The van der Waals surface area contributed by atoms with Crippen LogP contribution in [0.3, 0.4) is 0 Å². The standard InChI is InChI=1S/C13H18FNO2S/c14-13-7-5-12(6-8-13)11-18(16,17)15-9-3-1-2-4-10-15/h5-8H,1-4,9-11H2. The lowest BCUT2D eigenvalue weighted by atomic mass is 10.2. The molecular weight excluding hydrogens is 253 g/mol. The summed E-state index contributed by atoms with van der Waals surface area (Å²) in [5.41, 5.74) is 0.639. The molecule has 0 aromatic heterocycles. The topological polar surface area (TPSA) is 37.4 Å². The highest BCUT2D eigenvalue weighted by Gasteiger charge is 2.23. The van der Waals surface area contributed by atoms with Crippen molar-refractivity contribution in [2.45, 2.75) is 31.4 Å². The fourth-order valence-corrected chi connectivity index (χ4v) is 3.81. The molecule has 5 heteroatoms. The van der Waals surface area contributed by atoms with Crippen LogP contribution in [0.5, 0.6) is 0 Å². The van der Waals surface area contributed by atoms with Gasteiger partial charge in [0.25, 0.3) is 0 Å². The average Bonchev–Trinajstić information content (AvgIpc) is 2.61. The zero-order valence-corrected chi connectivity index (χ0v) is 11.1. The van der Waals surface area contributed by atoms with E-state index in [0.29, 0.717) is 18.7 Å². The molecule has 0 N–H and O–H groups in total. The van der Waals surface area contributed by atoms with E-state index in [4.69, 9.17) is 0 Å². The number of benzene rings is 1. The second-order valence-corrected chi connectivity index (χ2v) is 6.66. The maximum atomic E-state index is 12.8. The highest BCUT2D eigenvalue weighted by atomic mass is 32.2. The van der Waals surface area contributed by atoms with Crippen molar-refractivity contribution in [1.29, 1.82) is 0 Å². The van der Waals surface area contributed by atoms with Gasteiger partial charge in [-0.2, -0.15) is 0 Å². The largest absolute Gasteiger partial charge is 0.218 e. The van der Waals surface area contributed by atoms with Gasteiger partial charge in [0.15, 0.2) is 0 Å². The van der Waals surface area contributed by atoms with Crippen LogP contribution in [0.1, 0.15) is 31.2 Å². The van der Waals surface area contributed by atoms with E-state index < -0.39 is 10.0 Å². The summed E-state index contributed by atoms with van der Waals surface area (Å²) in [5, 5.41) is 0. The van der Waals surface area contributed by atoms with E-state index >= 15 is 0 Å². The minimum Gasteiger partial charge on any atom is -0.212 e. The van der Waals surface area contributed by atoms with Crippen LogP contribution in [0.15, 0.2) is 24.3 Å². The van der Waals surface area contributed by atoms with Crippen molar-refractivity contribution in [2.24, 2.45) is 0 Å². The molecule has 1 fully saturated rings. The van der Waals surface area contributed by atoms with Gasteiger partial charge in [0.05, 0.1) is 5.75 Å². The van der Waals surface area contributed by atoms with E-state index in [1.807, 2.05) is 0 Å². The van der Waals surface area contributed by atoms with E-state index in [2.05, 4.69) is 0 Å². The molecule has 1 heterocycles. The molecule has 100 valence electrons. The van der Waals surface area contributed by atoms with Gasteiger partial charge in [0.2, 0.25) is 10.0 Å². The van der Waals surface area contributed by atoms with Crippen molar-refractivity contribution in [1.82, 2.24) is 4.31 Å². The second-order valence-electron chi connectivity index (χ2n) is 4.70.